The molecule has 0 bridgehead atoms. The van der Waals surface area contributed by atoms with Crippen molar-refractivity contribution in [1.29, 1.82) is 0 Å². The number of benzene rings is 2. The molecule has 0 aliphatic carbocycles. The standard InChI is InChI=1S/C26H25N3O3S/c1-4-31-22-13-18-12-17(3)32-23(18)14-19(22)15-33-26-28-21-10-6-5-9-20(21)25(30)29(26)24-16(2)8-7-11-27-24/h5-11,13-14,17H,4,12,15H2,1-3H3. The highest BCUT2D eigenvalue weighted by atomic mass is 32.2. The zero-order chi connectivity index (χ0) is 22.9. The number of rotatable bonds is 6. The van der Waals surface area contributed by atoms with Crippen LogP contribution in [0, 0.1) is 6.92 Å². The third-order valence-electron chi connectivity index (χ3n) is 5.67. The molecule has 1 unspecified atom stereocenters. The number of fused-ring (bicyclic) bond motifs is 2. The zero-order valence-corrected chi connectivity index (χ0v) is 19.7. The first kappa shape index (κ1) is 21.5. The average molecular weight is 460 g/mol. The largest absolute Gasteiger partial charge is 0.494 e. The van der Waals surface area contributed by atoms with Gasteiger partial charge in [-0.1, -0.05) is 30.0 Å². The monoisotopic (exact) mass is 459 g/mol. The second-order valence-corrected chi connectivity index (χ2v) is 9.06. The fourth-order valence-electron chi connectivity index (χ4n) is 4.13. The van der Waals surface area contributed by atoms with Crippen LogP contribution in [0.3, 0.4) is 0 Å². The average Bonchev–Trinajstić information content (AvgIpc) is 3.17. The number of hydrogen-bond donors (Lipinski definition) is 0. The van der Waals surface area contributed by atoms with E-state index in [4.69, 9.17) is 14.5 Å². The normalized spacial score (nSPS) is 14.8. The molecule has 1 aliphatic rings. The number of thioether (sulfide) groups is 1. The minimum absolute atomic E-state index is 0.124. The van der Waals surface area contributed by atoms with Gasteiger partial charge in [0.1, 0.15) is 23.4 Å². The molecule has 0 amide bonds. The number of aryl methyl sites for hydroxylation is 1. The Labute approximate surface area is 196 Å². The Bertz CT molecular complexity index is 1400. The lowest BCUT2D eigenvalue weighted by atomic mass is 10.1. The molecule has 0 fully saturated rings. The van der Waals surface area contributed by atoms with Crippen molar-refractivity contribution in [1.82, 2.24) is 14.5 Å². The molecule has 2 aromatic carbocycles. The molecule has 7 heteroatoms. The van der Waals surface area contributed by atoms with Crippen LogP contribution in [-0.2, 0) is 12.2 Å². The predicted molar refractivity (Wildman–Crippen MR) is 131 cm³/mol. The van der Waals surface area contributed by atoms with E-state index in [9.17, 15) is 4.79 Å². The Morgan fingerprint density at radius 1 is 1.21 bits per heavy atom. The minimum atomic E-state index is -0.124. The topological polar surface area (TPSA) is 66.2 Å². The van der Waals surface area contributed by atoms with Gasteiger partial charge in [-0.3, -0.25) is 4.79 Å². The molecule has 1 aliphatic heterocycles. The molecule has 0 N–H and O–H groups in total. The van der Waals surface area contributed by atoms with Crippen molar-refractivity contribution in [3.05, 3.63) is 81.8 Å². The Balaban J connectivity index is 1.59. The molecule has 6 nitrogen and oxygen atoms in total. The Hall–Kier alpha value is -3.32. The first-order valence-electron chi connectivity index (χ1n) is 11.1. The molecule has 0 saturated carbocycles. The van der Waals surface area contributed by atoms with Gasteiger partial charge in [-0.2, -0.15) is 0 Å². The summed E-state index contributed by atoms with van der Waals surface area (Å²) in [6.07, 6.45) is 2.75. The second kappa shape index (κ2) is 8.90. The maximum absolute atomic E-state index is 13.5. The zero-order valence-electron chi connectivity index (χ0n) is 18.9. The smallest absolute Gasteiger partial charge is 0.267 e. The molecular weight excluding hydrogens is 434 g/mol. The van der Waals surface area contributed by atoms with Gasteiger partial charge in [0.05, 0.1) is 17.5 Å². The Kier molecular flexibility index (Phi) is 5.81. The molecular formula is C26H25N3O3S. The van der Waals surface area contributed by atoms with Gasteiger partial charge in [0.15, 0.2) is 5.16 Å². The summed E-state index contributed by atoms with van der Waals surface area (Å²) in [6.45, 7) is 6.58. The predicted octanol–water partition coefficient (Wildman–Crippen LogP) is 5.10. The first-order valence-corrected chi connectivity index (χ1v) is 12.1. The van der Waals surface area contributed by atoms with Crippen LogP contribution in [0.15, 0.2) is 64.7 Å². The second-order valence-electron chi connectivity index (χ2n) is 8.12. The van der Waals surface area contributed by atoms with E-state index >= 15 is 0 Å². The van der Waals surface area contributed by atoms with E-state index in [1.54, 1.807) is 16.8 Å². The third-order valence-corrected chi connectivity index (χ3v) is 6.66. The van der Waals surface area contributed by atoms with Crippen LogP contribution in [0.5, 0.6) is 11.5 Å². The van der Waals surface area contributed by atoms with Crippen LogP contribution in [0.4, 0.5) is 0 Å². The van der Waals surface area contributed by atoms with Crippen molar-refractivity contribution in [2.24, 2.45) is 0 Å². The number of hydrogen-bond acceptors (Lipinski definition) is 6. The maximum Gasteiger partial charge on any atom is 0.267 e. The van der Waals surface area contributed by atoms with Gasteiger partial charge in [0, 0.05) is 29.5 Å². The van der Waals surface area contributed by atoms with Crippen molar-refractivity contribution in [2.75, 3.05) is 6.61 Å². The van der Waals surface area contributed by atoms with Gasteiger partial charge in [-0.05, 0) is 56.7 Å². The highest BCUT2D eigenvalue weighted by Crippen LogP contribution is 2.37. The van der Waals surface area contributed by atoms with Crippen LogP contribution >= 0.6 is 11.8 Å². The van der Waals surface area contributed by atoms with Crippen LogP contribution in [0.2, 0.25) is 0 Å². The fraction of sp³-hybridized carbons (Fsp3) is 0.269. The summed E-state index contributed by atoms with van der Waals surface area (Å²) in [5.41, 5.74) is 3.64. The van der Waals surface area contributed by atoms with Crippen molar-refractivity contribution in [3.63, 3.8) is 0 Å². The fourth-order valence-corrected chi connectivity index (χ4v) is 5.11. The lowest BCUT2D eigenvalue weighted by Gasteiger charge is -2.16. The molecule has 33 heavy (non-hydrogen) atoms. The highest BCUT2D eigenvalue weighted by molar-refractivity contribution is 7.98. The molecule has 0 radical (unpaired) electrons. The molecule has 0 saturated heterocycles. The quantitative estimate of drug-likeness (QED) is 0.295. The van der Waals surface area contributed by atoms with E-state index in [1.807, 2.05) is 44.2 Å². The van der Waals surface area contributed by atoms with Gasteiger partial charge in [0.25, 0.3) is 5.56 Å². The van der Waals surface area contributed by atoms with E-state index < -0.39 is 0 Å². The lowest BCUT2D eigenvalue weighted by Crippen LogP contribution is -2.23. The van der Waals surface area contributed by atoms with Crippen LogP contribution < -0.4 is 15.0 Å². The number of pyridine rings is 1. The van der Waals surface area contributed by atoms with Gasteiger partial charge >= 0.3 is 0 Å². The molecule has 0 spiro atoms. The van der Waals surface area contributed by atoms with Crippen LogP contribution in [0.25, 0.3) is 16.7 Å². The third kappa shape index (κ3) is 4.09. The van der Waals surface area contributed by atoms with Gasteiger partial charge in [-0.15, -0.1) is 0 Å². The summed E-state index contributed by atoms with van der Waals surface area (Å²) in [6, 6.07) is 15.4. The van der Waals surface area contributed by atoms with Crippen LogP contribution in [-0.4, -0.2) is 27.2 Å². The van der Waals surface area contributed by atoms with Crippen molar-refractivity contribution in [3.8, 4) is 17.3 Å². The minimum Gasteiger partial charge on any atom is -0.494 e. The van der Waals surface area contributed by atoms with E-state index in [0.717, 1.165) is 29.0 Å². The number of ether oxygens (including phenoxy) is 2. The van der Waals surface area contributed by atoms with Crippen molar-refractivity contribution < 1.29 is 9.47 Å². The van der Waals surface area contributed by atoms with Crippen molar-refractivity contribution in [2.45, 2.75) is 44.2 Å². The maximum atomic E-state index is 13.5. The number of nitrogens with zero attached hydrogens (tertiary/aromatic N) is 3. The summed E-state index contributed by atoms with van der Waals surface area (Å²) in [5, 5.41) is 1.17. The molecule has 168 valence electrons. The van der Waals surface area contributed by atoms with E-state index in [0.29, 0.717) is 34.2 Å². The summed E-state index contributed by atoms with van der Waals surface area (Å²) in [4.78, 5) is 22.8. The van der Waals surface area contributed by atoms with E-state index in [-0.39, 0.29) is 11.7 Å². The van der Waals surface area contributed by atoms with E-state index in [1.165, 1.54) is 17.3 Å². The SMILES string of the molecule is CCOc1cc2c(cc1CSc1nc3ccccc3c(=O)n1-c1ncccc1C)OC(C)C2. The number of para-hydroxylation sites is 1. The van der Waals surface area contributed by atoms with Gasteiger partial charge in [-0.25, -0.2) is 14.5 Å². The van der Waals surface area contributed by atoms with Gasteiger partial charge in [0.2, 0.25) is 0 Å². The summed E-state index contributed by atoms with van der Waals surface area (Å²) in [5.74, 6) is 2.94. The molecule has 2 aromatic heterocycles. The Morgan fingerprint density at radius 2 is 2.06 bits per heavy atom. The molecule has 3 heterocycles. The molecule has 4 aromatic rings. The summed E-state index contributed by atoms with van der Waals surface area (Å²) < 4.78 is 13.5. The van der Waals surface area contributed by atoms with Gasteiger partial charge < -0.3 is 9.47 Å². The molecule has 1 atom stereocenters. The lowest BCUT2D eigenvalue weighted by molar-refractivity contribution is 0.254. The Morgan fingerprint density at radius 3 is 2.88 bits per heavy atom. The van der Waals surface area contributed by atoms with E-state index in [2.05, 4.69) is 24.0 Å². The summed E-state index contributed by atoms with van der Waals surface area (Å²) in [7, 11) is 0. The number of aromatic nitrogens is 3. The van der Waals surface area contributed by atoms with Crippen LogP contribution in [0.1, 0.15) is 30.5 Å². The van der Waals surface area contributed by atoms with Crippen molar-refractivity contribution >= 4 is 22.7 Å². The molecule has 5 rings (SSSR count). The first-order chi connectivity index (χ1) is 16.0. The highest BCUT2D eigenvalue weighted by Gasteiger charge is 2.23. The summed E-state index contributed by atoms with van der Waals surface area (Å²) >= 11 is 1.50.